The quantitative estimate of drug-likeness (QED) is 0.698. The zero-order valence-electron chi connectivity index (χ0n) is 13.1. The second-order valence-corrected chi connectivity index (χ2v) is 5.73. The molecule has 1 atom stereocenters. The minimum Gasteiger partial charge on any atom is -0.381 e. The molecule has 1 fully saturated rings. The summed E-state index contributed by atoms with van der Waals surface area (Å²) in [5.74, 6) is 5.12. The van der Waals surface area contributed by atoms with Crippen molar-refractivity contribution in [3.8, 4) is 0 Å². The maximum Gasteiger partial charge on any atom is 0.116 e. The Balaban J connectivity index is 0.000000173. The zero-order valence-corrected chi connectivity index (χ0v) is 13.1. The fourth-order valence-corrected chi connectivity index (χ4v) is 2.73. The van der Waals surface area contributed by atoms with E-state index >= 15 is 0 Å². The first-order valence-electron chi connectivity index (χ1n) is 7.30. The lowest BCUT2D eigenvalue weighted by Crippen LogP contribution is -2.44. The van der Waals surface area contributed by atoms with Gasteiger partial charge in [0.05, 0.1) is 6.73 Å². The zero-order chi connectivity index (χ0) is 15.4. The van der Waals surface area contributed by atoms with E-state index in [1.807, 2.05) is 11.0 Å². The fraction of sp³-hybridized carbons (Fsp3) is 0.600. The van der Waals surface area contributed by atoms with Gasteiger partial charge in [-0.1, -0.05) is 0 Å². The standard InChI is InChI=1S/C8H15N3O2.C7H11N/c9-13-8-3-7-4-10(6-12)1-2-11(7)5-8;1-5-4-6(2)8-7(5)3/h3,8,12H,1-2,4-6,9H2;4,8H,1-3H3. The number of hydrogen-bond acceptors (Lipinski definition) is 5. The normalized spacial score (nSPS) is 21.7. The van der Waals surface area contributed by atoms with Gasteiger partial charge >= 0.3 is 0 Å². The summed E-state index contributed by atoms with van der Waals surface area (Å²) in [6.45, 7) is 9.90. The molecule has 2 aliphatic rings. The molecule has 3 heterocycles. The van der Waals surface area contributed by atoms with Gasteiger partial charge in [-0.25, -0.2) is 5.90 Å². The number of nitrogens with two attached hydrogens (primary N) is 1. The van der Waals surface area contributed by atoms with Crippen LogP contribution in [0.5, 0.6) is 0 Å². The number of nitrogens with zero attached hydrogens (tertiary/aromatic N) is 2. The average molecular weight is 294 g/mol. The van der Waals surface area contributed by atoms with E-state index in [0.717, 1.165) is 26.2 Å². The Morgan fingerprint density at radius 2 is 2.14 bits per heavy atom. The molecule has 6 heteroatoms. The largest absolute Gasteiger partial charge is 0.381 e. The van der Waals surface area contributed by atoms with Crippen molar-refractivity contribution in [3.05, 3.63) is 34.8 Å². The lowest BCUT2D eigenvalue weighted by molar-refractivity contribution is 0.0564. The number of aliphatic hydroxyl groups is 1. The molecule has 21 heavy (non-hydrogen) atoms. The number of nitrogens with one attached hydrogen (secondary N) is 1. The van der Waals surface area contributed by atoms with Gasteiger partial charge < -0.3 is 15.0 Å². The number of aliphatic hydroxyl groups excluding tert-OH is 1. The van der Waals surface area contributed by atoms with E-state index in [9.17, 15) is 0 Å². The summed E-state index contributed by atoms with van der Waals surface area (Å²) >= 11 is 0. The smallest absolute Gasteiger partial charge is 0.116 e. The number of aromatic nitrogens is 1. The summed E-state index contributed by atoms with van der Waals surface area (Å²) in [6.07, 6.45) is 2.05. The number of aryl methyl sites for hydroxylation is 3. The van der Waals surface area contributed by atoms with Gasteiger partial charge in [0.1, 0.15) is 6.10 Å². The van der Waals surface area contributed by atoms with Crippen molar-refractivity contribution in [1.82, 2.24) is 14.8 Å². The fourth-order valence-electron chi connectivity index (χ4n) is 2.73. The van der Waals surface area contributed by atoms with Gasteiger partial charge in [-0.15, -0.1) is 0 Å². The molecule has 4 N–H and O–H groups in total. The van der Waals surface area contributed by atoms with E-state index < -0.39 is 0 Å². The molecule has 2 aliphatic heterocycles. The molecule has 0 radical (unpaired) electrons. The van der Waals surface area contributed by atoms with E-state index in [0.29, 0.717) is 0 Å². The summed E-state index contributed by atoms with van der Waals surface area (Å²) in [5.41, 5.74) is 5.10. The van der Waals surface area contributed by atoms with Crippen LogP contribution in [-0.4, -0.2) is 58.9 Å². The lowest BCUT2D eigenvalue weighted by atomic mass is 10.3. The molecule has 0 saturated carbocycles. The van der Waals surface area contributed by atoms with E-state index in [4.69, 9.17) is 15.8 Å². The number of piperazine rings is 1. The molecule has 0 bridgehead atoms. The average Bonchev–Trinajstić information content (AvgIpc) is 3.01. The van der Waals surface area contributed by atoms with Gasteiger partial charge in [-0.3, -0.25) is 9.74 Å². The molecule has 3 rings (SSSR count). The van der Waals surface area contributed by atoms with Crippen LogP contribution in [0, 0.1) is 20.8 Å². The number of rotatable bonds is 2. The third-order valence-corrected chi connectivity index (χ3v) is 4.04. The first-order valence-corrected chi connectivity index (χ1v) is 7.30. The molecule has 1 unspecified atom stereocenters. The Morgan fingerprint density at radius 1 is 1.38 bits per heavy atom. The van der Waals surface area contributed by atoms with Crippen LogP contribution in [0.2, 0.25) is 0 Å². The first kappa shape index (κ1) is 16.0. The number of aromatic amines is 1. The van der Waals surface area contributed by atoms with Crippen molar-refractivity contribution < 1.29 is 9.94 Å². The van der Waals surface area contributed by atoms with Crippen LogP contribution in [0.4, 0.5) is 0 Å². The molecule has 1 aromatic heterocycles. The van der Waals surface area contributed by atoms with Crippen molar-refractivity contribution in [1.29, 1.82) is 0 Å². The topological polar surface area (TPSA) is 77.8 Å². The Hall–Kier alpha value is -1.34. The highest BCUT2D eigenvalue weighted by molar-refractivity contribution is 5.21. The van der Waals surface area contributed by atoms with Crippen molar-refractivity contribution in [2.24, 2.45) is 5.90 Å². The molecular formula is C15H26N4O2. The lowest BCUT2D eigenvalue weighted by Gasteiger charge is -2.34. The second kappa shape index (κ2) is 7.09. The summed E-state index contributed by atoms with van der Waals surface area (Å²) in [4.78, 5) is 12.2. The maximum atomic E-state index is 8.96. The molecule has 1 saturated heterocycles. The summed E-state index contributed by atoms with van der Waals surface area (Å²) < 4.78 is 0. The molecular weight excluding hydrogens is 268 g/mol. The van der Waals surface area contributed by atoms with Gasteiger partial charge in [0.25, 0.3) is 0 Å². The summed E-state index contributed by atoms with van der Waals surface area (Å²) in [6, 6.07) is 2.15. The van der Waals surface area contributed by atoms with E-state index in [2.05, 4.69) is 36.7 Å². The Morgan fingerprint density at radius 3 is 2.62 bits per heavy atom. The SMILES string of the molecule is Cc1cc(C)c(C)[nH]1.NOC1C=C2CN(CO)CCN2C1. The Kier molecular flexibility index (Phi) is 5.41. The van der Waals surface area contributed by atoms with E-state index in [1.165, 1.54) is 22.6 Å². The number of hydrogen-bond donors (Lipinski definition) is 3. The van der Waals surface area contributed by atoms with Crippen LogP contribution in [-0.2, 0) is 4.84 Å². The highest BCUT2D eigenvalue weighted by Gasteiger charge is 2.28. The molecule has 0 spiro atoms. The van der Waals surface area contributed by atoms with E-state index in [-0.39, 0.29) is 12.8 Å². The summed E-state index contributed by atoms with van der Waals surface area (Å²) in [7, 11) is 0. The minimum atomic E-state index is 0.0219. The van der Waals surface area contributed by atoms with Gasteiger partial charge in [-0.05, 0) is 38.5 Å². The van der Waals surface area contributed by atoms with Crippen LogP contribution >= 0.6 is 0 Å². The van der Waals surface area contributed by atoms with Crippen LogP contribution in [0.3, 0.4) is 0 Å². The highest BCUT2D eigenvalue weighted by atomic mass is 16.6. The second-order valence-electron chi connectivity index (χ2n) is 5.73. The van der Waals surface area contributed by atoms with Crippen molar-refractivity contribution in [2.75, 3.05) is 32.9 Å². The minimum absolute atomic E-state index is 0.0219. The van der Waals surface area contributed by atoms with Crippen molar-refractivity contribution in [2.45, 2.75) is 26.9 Å². The van der Waals surface area contributed by atoms with Crippen molar-refractivity contribution in [3.63, 3.8) is 0 Å². The molecule has 0 amide bonds. The Bertz CT molecular complexity index is 478. The molecule has 0 aromatic carbocycles. The van der Waals surface area contributed by atoms with Crippen molar-refractivity contribution >= 4 is 0 Å². The van der Waals surface area contributed by atoms with Gasteiger partial charge in [-0.2, -0.15) is 0 Å². The van der Waals surface area contributed by atoms with Crippen LogP contribution in [0.15, 0.2) is 17.8 Å². The van der Waals surface area contributed by atoms with Gasteiger partial charge in [0.15, 0.2) is 0 Å². The predicted octanol–water partition coefficient (Wildman–Crippen LogP) is 0.650. The maximum absolute atomic E-state index is 8.96. The van der Waals surface area contributed by atoms with Gasteiger partial charge in [0.2, 0.25) is 0 Å². The number of H-pyrrole nitrogens is 1. The third kappa shape index (κ3) is 4.07. The number of fused-ring (bicyclic) bond motifs is 1. The molecule has 118 valence electrons. The molecule has 0 aliphatic carbocycles. The monoisotopic (exact) mass is 294 g/mol. The van der Waals surface area contributed by atoms with Crippen LogP contribution < -0.4 is 5.90 Å². The van der Waals surface area contributed by atoms with Crippen LogP contribution in [0.1, 0.15) is 17.0 Å². The molecule has 1 aromatic rings. The highest BCUT2D eigenvalue weighted by Crippen LogP contribution is 2.20. The third-order valence-electron chi connectivity index (χ3n) is 4.04. The van der Waals surface area contributed by atoms with E-state index in [1.54, 1.807) is 0 Å². The van der Waals surface area contributed by atoms with Gasteiger partial charge in [0, 0.05) is 43.3 Å². The predicted molar refractivity (Wildman–Crippen MR) is 82.4 cm³/mol. The van der Waals surface area contributed by atoms with Crippen LogP contribution in [0.25, 0.3) is 0 Å². The Labute approximate surface area is 126 Å². The molecule has 6 nitrogen and oxygen atoms in total. The first-order chi connectivity index (χ1) is 10.0. The summed E-state index contributed by atoms with van der Waals surface area (Å²) in [5, 5.41) is 8.96.